The van der Waals surface area contributed by atoms with Crippen LogP contribution in [0.15, 0.2) is 0 Å². The number of hydrogen-bond donors (Lipinski definition) is 0. The molecule has 0 bridgehead atoms. The molecule has 0 unspecified atom stereocenters. The van der Waals surface area contributed by atoms with Crippen molar-refractivity contribution in [3.8, 4) is 0 Å². The van der Waals surface area contributed by atoms with Crippen molar-refractivity contribution < 1.29 is 19.8 Å². The molecule has 0 aromatic heterocycles. The average molecular weight is 703 g/mol. The van der Waals surface area contributed by atoms with Crippen LogP contribution in [0.3, 0.4) is 0 Å². The Bertz CT molecular complexity index is 910. The van der Waals surface area contributed by atoms with Gasteiger partial charge in [-0.05, 0) is 138 Å². The van der Waals surface area contributed by atoms with Crippen LogP contribution in [0.4, 0.5) is 0 Å². The van der Waals surface area contributed by atoms with E-state index in [1.54, 1.807) is 0 Å². The fourth-order valence-corrected chi connectivity index (χ4v) is 11.1. The molecule has 50 heavy (non-hydrogen) atoms. The summed E-state index contributed by atoms with van der Waals surface area (Å²) >= 11 is 0. The van der Waals surface area contributed by atoms with Gasteiger partial charge in [-0.1, -0.05) is 104 Å². The van der Waals surface area contributed by atoms with Gasteiger partial charge in [0.15, 0.2) is 0 Å². The molecule has 6 nitrogen and oxygen atoms in total. The molecule has 0 saturated carbocycles. The second-order valence-electron chi connectivity index (χ2n) is 19.3. The quantitative estimate of drug-likeness (QED) is 0.0882. The Morgan fingerprint density at radius 3 is 1.18 bits per heavy atom. The van der Waals surface area contributed by atoms with E-state index < -0.39 is 17.4 Å². The molecule has 0 radical (unpaired) electrons. The molecule has 0 spiro atoms. The van der Waals surface area contributed by atoms with Crippen LogP contribution < -0.4 is 10.2 Å². The van der Waals surface area contributed by atoms with Gasteiger partial charge in [0.2, 0.25) is 0 Å². The van der Waals surface area contributed by atoms with Crippen molar-refractivity contribution in [3.05, 3.63) is 0 Å². The summed E-state index contributed by atoms with van der Waals surface area (Å²) in [5, 5.41) is 25.0. The monoisotopic (exact) mass is 703 g/mol. The Labute approximate surface area is 310 Å². The Morgan fingerprint density at radius 2 is 0.840 bits per heavy atom. The minimum absolute atomic E-state index is 0.0399. The molecule has 0 aromatic rings. The highest BCUT2D eigenvalue weighted by Crippen LogP contribution is 2.58. The van der Waals surface area contributed by atoms with Gasteiger partial charge < -0.3 is 19.8 Å². The van der Waals surface area contributed by atoms with Crippen LogP contribution in [0.1, 0.15) is 217 Å². The lowest BCUT2D eigenvalue weighted by Crippen LogP contribution is -2.68. The van der Waals surface area contributed by atoms with Crippen LogP contribution in [-0.2, 0) is 9.59 Å². The molecular formula is C44H82N2O4-2. The first-order valence-corrected chi connectivity index (χ1v) is 21.3. The molecule has 6 heteroatoms. The van der Waals surface area contributed by atoms with Gasteiger partial charge in [0.05, 0.1) is 0 Å². The first kappa shape index (κ1) is 45.0. The average Bonchev–Trinajstić information content (AvgIpc) is 2.98. The van der Waals surface area contributed by atoms with E-state index in [4.69, 9.17) is 0 Å². The maximum atomic E-state index is 14.1. The number of piperidine rings is 2. The molecule has 2 fully saturated rings. The van der Waals surface area contributed by atoms with Crippen molar-refractivity contribution in [1.29, 1.82) is 0 Å². The highest BCUT2D eigenvalue weighted by Gasteiger charge is 2.58. The Morgan fingerprint density at radius 1 is 0.520 bits per heavy atom. The summed E-state index contributed by atoms with van der Waals surface area (Å²) in [7, 11) is 0. The lowest BCUT2D eigenvalue weighted by atomic mass is 9.52. The first-order chi connectivity index (χ1) is 23.4. The number of rotatable bonds is 25. The van der Waals surface area contributed by atoms with Crippen LogP contribution in [0, 0.1) is 17.3 Å². The molecule has 2 aliphatic rings. The van der Waals surface area contributed by atoms with E-state index in [1.165, 1.54) is 77.0 Å². The van der Waals surface area contributed by atoms with E-state index >= 15 is 0 Å². The summed E-state index contributed by atoms with van der Waals surface area (Å²) in [6, 6.07) is 0. The molecule has 2 rings (SSSR count). The van der Waals surface area contributed by atoms with Gasteiger partial charge in [0.1, 0.15) is 0 Å². The second-order valence-corrected chi connectivity index (χ2v) is 19.3. The van der Waals surface area contributed by atoms with Gasteiger partial charge in [-0.2, -0.15) is 0 Å². The third-order valence-corrected chi connectivity index (χ3v) is 13.2. The minimum Gasteiger partial charge on any atom is -0.550 e. The predicted octanol–water partition coefficient (Wildman–Crippen LogP) is 9.46. The SMILES string of the molecule is CCCCCCCCN1C(C)(C)CC(C(CCCCCCCC(=O)[O-])(C(=O)[O-])C2CC(C)(C)N(CCCCCCCC)C(C)(C)C2)CC1(C)C. The van der Waals surface area contributed by atoms with Crippen LogP contribution in [0.5, 0.6) is 0 Å². The zero-order valence-electron chi connectivity index (χ0n) is 34.9. The number of carbonyl (C=O) groups is 2. The Balaban J connectivity index is 2.37. The molecule has 0 atom stereocenters. The third kappa shape index (κ3) is 12.8. The third-order valence-electron chi connectivity index (χ3n) is 13.2. The van der Waals surface area contributed by atoms with E-state index in [0.717, 1.165) is 64.5 Å². The van der Waals surface area contributed by atoms with Crippen molar-refractivity contribution >= 4 is 11.9 Å². The summed E-state index contributed by atoms with van der Waals surface area (Å²) in [5.74, 6) is -1.73. The summed E-state index contributed by atoms with van der Waals surface area (Å²) in [6.07, 6.45) is 23.8. The maximum Gasteiger partial charge on any atom is 0.0481 e. The fraction of sp³-hybridized carbons (Fsp3) is 0.955. The number of aliphatic carboxylic acids is 2. The van der Waals surface area contributed by atoms with Gasteiger partial charge in [-0.15, -0.1) is 0 Å². The number of hydrogen-bond acceptors (Lipinski definition) is 6. The van der Waals surface area contributed by atoms with Gasteiger partial charge in [-0.3, -0.25) is 9.80 Å². The number of unbranched alkanes of at least 4 members (excludes halogenated alkanes) is 14. The molecule has 0 aromatic carbocycles. The topological polar surface area (TPSA) is 86.7 Å². The van der Waals surface area contributed by atoms with Crippen molar-refractivity contribution in [1.82, 2.24) is 9.80 Å². The number of carboxylic acid groups (broad SMARTS) is 2. The lowest BCUT2D eigenvalue weighted by Gasteiger charge is -2.64. The Hall–Kier alpha value is -1.14. The first-order valence-electron chi connectivity index (χ1n) is 21.3. The van der Waals surface area contributed by atoms with E-state index in [1.807, 2.05) is 0 Å². The van der Waals surface area contributed by atoms with Crippen LogP contribution in [0.2, 0.25) is 0 Å². The Kier molecular flexibility index (Phi) is 18.3. The number of carbonyl (C=O) groups excluding carboxylic acids is 2. The van der Waals surface area contributed by atoms with Crippen LogP contribution in [0.25, 0.3) is 0 Å². The van der Waals surface area contributed by atoms with Gasteiger partial charge >= 0.3 is 0 Å². The van der Waals surface area contributed by atoms with Crippen molar-refractivity contribution in [2.45, 2.75) is 239 Å². The molecule has 2 saturated heterocycles. The van der Waals surface area contributed by atoms with Crippen LogP contribution in [-0.4, -0.2) is 57.0 Å². The molecule has 2 heterocycles. The van der Waals surface area contributed by atoms with Gasteiger partial charge in [0.25, 0.3) is 0 Å². The smallest absolute Gasteiger partial charge is 0.0481 e. The van der Waals surface area contributed by atoms with Crippen molar-refractivity contribution in [2.24, 2.45) is 17.3 Å². The van der Waals surface area contributed by atoms with Gasteiger partial charge in [0, 0.05) is 39.5 Å². The van der Waals surface area contributed by atoms with Crippen molar-refractivity contribution in [3.63, 3.8) is 0 Å². The van der Waals surface area contributed by atoms with E-state index in [2.05, 4.69) is 79.0 Å². The van der Waals surface area contributed by atoms with Crippen molar-refractivity contribution in [2.75, 3.05) is 13.1 Å². The number of nitrogens with zero attached hydrogens (tertiary/aromatic N) is 2. The zero-order chi connectivity index (χ0) is 37.6. The number of likely N-dealkylation sites (tertiary alicyclic amines) is 2. The summed E-state index contributed by atoms with van der Waals surface area (Å²) in [6.45, 7) is 25.6. The summed E-state index contributed by atoms with van der Waals surface area (Å²) < 4.78 is 0. The maximum absolute atomic E-state index is 14.1. The minimum atomic E-state index is -0.984. The van der Waals surface area contributed by atoms with E-state index in [0.29, 0.717) is 12.8 Å². The highest BCUT2D eigenvalue weighted by molar-refractivity contribution is 5.73. The predicted molar refractivity (Wildman–Crippen MR) is 207 cm³/mol. The molecule has 294 valence electrons. The van der Waals surface area contributed by atoms with Gasteiger partial charge in [-0.25, -0.2) is 0 Å². The fourth-order valence-electron chi connectivity index (χ4n) is 11.1. The summed E-state index contributed by atoms with van der Waals surface area (Å²) in [5.41, 5.74) is -1.32. The molecular weight excluding hydrogens is 620 g/mol. The highest BCUT2D eigenvalue weighted by atomic mass is 16.4. The molecule has 2 aliphatic heterocycles. The largest absolute Gasteiger partial charge is 0.550 e. The zero-order valence-corrected chi connectivity index (χ0v) is 34.9. The second kappa shape index (κ2) is 20.4. The van der Waals surface area contributed by atoms with E-state index in [9.17, 15) is 19.8 Å². The van der Waals surface area contributed by atoms with Crippen LogP contribution >= 0.6 is 0 Å². The lowest BCUT2D eigenvalue weighted by molar-refractivity contribution is -0.330. The number of carboxylic acids is 2. The molecule has 0 aliphatic carbocycles. The standard InChI is InChI=1S/C44H84N2O4/c1-11-13-15-17-22-26-30-45-40(3,4)32-36(33-41(45,5)6)44(39(49)50,29-25-21-19-20-24-28-38(47)48)37-34-42(7,8)46(43(9,10)35-37)31-27-23-18-16-14-12-2/h36-37H,11-35H2,1-10H3,(H,47,48)(H,49,50)/p-2. The molecule has 0 N–H and O–H groups in total. The molecule has 0 amide bonds. The summed E-state index contributed by atoms with van der Waals surface area (Å²) in [4.78, 5) is 30.4. The normalized spacial score (nSPS) is 21.4. The van der Waals surface area contributed by atoms with E-state index in [-0.39, 0.29) is 40.4 Å².